The van der Waals surface area contributed by atoms with Gasteiger partial charge in [-0.1, -0.05) is 11.6 Å². The van der Waals surface area contributed by atoms with E-state index in [1.54, 1.807) is 43.5 Å². The Bertz CT molecular complexity index is 676. The van der Waals surface area contributed by atoms with Crippen LogP contribution in [0.3, 0.4) is 0 Å². The van der Waals surface area contributed by atoms with E-state index in [-0.39, 0.29) is 5.91 Å². The number of thiol groups is 1. The monoisotopic (exact) mass is 323 g/mol. The summed E-state index contributed by atoms with van der Waals surface area (Å²) in [5, 5.41) is 3.13. The molecule has 0 radical (unpaired) electrons. The Morgan fingerprint density at radius 1 is 1.10 bits per heavy atom. The van der Waals surface area contributed by atoms with Crippen LogP contribution in [0.5, 0.6) is 11.5 Å². The van der Waals surface area contributed by atoms with Crippen LogP contribution in [0.4, 0.5) is 5.69 Å². The van der Waals surface area contributed by atoms with Crippen LogP contribution in [0, 0.1) is 0 Å². The minimum Gasteiger partial charge on any atom is -0.493 e. The SMILES string of the molecule is COc1ccc(NC(=O)c2cc(S)ccc2Cl)cc1OC. The van der Waals surface area contributed by atoms with Crippen LogP contribution in [0.1, 0.15) is 10.4 Å². The van der Waals surface area contributed by atoms with Crippen molar-refractivity contribution in [1.82, 2.24) is 0 Å². The number of hydrogen-bond donors (Lipinski definition) is 2. The fourth-order valence-corrected chi connectivity index (χ4v) is 2.21. The Morgan fingerprint density at radius 2 is 1.81 bits per heavy atom. The van der Waals surface area contributed by atoms with E-state index in [4.69, 9.17) is 21.1 Å². The number of nitrogens with one attached hydrogen (secondary N) is 1. The average Bonchev–Trinajstić information content (AvgIpc) is 2.49. The van der Waals surface area contributed by atoms with Gasteiger partial charge in [-0.15, -0.1) is 12.6 Å². The molecule has 1 N–H and O–H groups in total. The van der Waals surface area contributed by atoms with Crippen molar-refractivity contribution in [3.8, 4) is 11.5 Å². The summed E-state index contributed by atoms with van der Waals surface area (Å²) in [5.41, 5.74) is 0.942. The van der Waals surface area contributed by atoms with Crippen molar-refractivity contribution in [2.75, 3.05) is 19.5 Å². The summed E-state index contributed by atoms with van der Waals surface area (Å²) in [6, 6.07) is 10.1. The first-order valence-electron chi connectivity index (χ1n) is 6.07. The number of rotatable bonds is 4. The predicted molar refractivity (Wildman–Crippen MR) is 86.2 cm³/mol. The van der Waals surface area contributed by atoms with Gasteiger partial charge in [-0.3, -0.25) is 4.79 Å². The number of hydrogen-bond acceptors (Lipinski definition) is 4. The van der Waals surface area contributed by atoms with Crippen LogP contribution in [0.25, 0.3) is 0 Å². The van der Waals surface area contributed by atoms with Gasteiger partial charge in [0.05, 0.1) is 24.8 Å². The highest BCUT2D eigenvalue weighted by Crippen LogP contribution is 2.30. The molecule has 21 heavy (non-hydrogen) atoms. The molecular weight excluding hydrogens is 310 g/mol. The summed E-state index contributed by atoms with van der Waals surface area (Å²) in [5.74, 6) is 0.804. The summed E-state index contributed by atoms with van der Waals surface area (Å²) in [7, 11) is 3.08. The smallest absolute Gasteiger partial charge is 0.257 e. The highest BCUT2D eigenvalue weighted by atomic mass is 35.5. The molecule has 110 valence electrons. The molecule has 2 aromatic carbocycles. The normalized spacial score (nSPS) is 10.1. The van der Waals surface area contributed by atoms with E-state index < -0.39 is 0 Å². The Balaban J connectivity index is 2.25. The molecule has 0 aliphatic rings. The third-order valence-corrected chi connectivity index (χ3v) is 3.44. The molecule has 0 fully saturated rings. The van der Waals surface area contributed by atoms with E-state index in [2.05, 4.69) is 17.9 Å². The maximum atomic E-state index is 12.2. The average molecular weight is 324 g/mol. The van der Waals surface area contributed by atoms with E-state index in [1.807, 2.05) is 0 Å². The first kappa shape index (κ1) is 15.5. The standard InChI is InChI=1S/C15H14ClNO3S/c1-19-13-6-3-9(7-14(13)20-2)17-15(18)11-8-10(21)4-5-12(11)16/h3-8,21H,1-2H3,(H,17,18). The van der Waals surface area contributed by atoms with Gasteiger partial charge in [0.2, 0.25) is 0 Å². The molecule has 0 aliphatic carbocycles. The number of anilines is 1. The zero-order valence-electron chi connectivity index (χ0n) is 11.5. The lowest BCUT2D eigenvalue weighted by Crippen LogP contribution is -2.12. The molecule has 0 saturated heterocycles. The van der Waals surface area contributed by atoms with Crippen molar-refractivity contribution < 1.29 is 14.3 Å². The van der Waals surface area contributed by atoms with Crippen LogP contribution < -0.4 is 14.8 Å². The second kappa shape index (κ2) is 6.74. The van der Waals surface area contributed by atoms with Gasteiger partial charge in [-0.05, 0) is 30.3 Å². The highest BCUT2D eigenvalue weighted by molar-refractivity contribution is 7.80. The fraction of sp³-hybridized carbons (Fsp3) is 0.133. The number of halogens is 1. The van der Waals surface area contributed by atoms with Gasteiger partial charge in [-0.2, -0.15) is 0 Å². The van der Waals surface area contributed by atoms with E-state index in [0.717, 1.165) is 0 Å². The van der Waals surface area contributed by atoms with Crippen molar-refractivity contribution in [2.24, 2.45) is 0 Å². The zero-order chi connectivity index (χ0) is 15.4. The van der Waals surface area contributed by atoms with Crippen molar-refractivity contribution in [1.29, 1.82) is 0 Å². The summed E-state index contributed by atoms with van der Waals surface area (Å²) >= 11 is 10.2. The van der Waals surface area contributed by atoms with Crippen LogP contribution >= 0.6 is 24.2 Å². The lowest BCUT2D eigenvalue weighted by atomic mass is 10.2. The van der Waals surface area contributed by atoms with E-state index >= 15 is 0 Å². The molecule has 2 aromatic rings. The summed E-state index contributed by atoms with van der Waals surface area (Å²) in [6.07, 6.45) is 0. The predicted octanol–water partition coefficient (Wildman–Crippen LogP) is 3.90. The number of benzene rings is 2. The first-order chi connectivity index (χ1) is 10.0. The molecule has 0 heterocycles. The number of carbonyl (C=O) groups excluding carboxylic acids is 1. The minimum atomic E-state index is -0.317. The van der Waals surface area contributed by atoms with E-state index in [9.17, 15) is 4.79 Å². The quantitative estimate of drug-likeness (QED) is 0.839. The topological polar surface area (TPSA) is 47.6 Å². The fourth-order valence-electron chi connectivity index (χ4n) is 1.80. The van der Waals surface area contributed by atoms with Crippen LogP contribution in [-0.2, 0) is 0 Å². The van der Waals surface area contributed by atoms with Gasteiger partial charge in [-0.25, -0.2) is 0 Å². The van der Waals surface area contributed by atoms with Crippen molar-refractivity contribution in [2.45, 2.75) is 4.90 Å². The second-order valence-electron chi connectivity index (χ2n) is 4.19. The lowest BCUT2D eigenvalue weighted by Gasteiger charge is -2.11. The van der Waals surface area contributed by atoms with Crippen molar-refractivity contribution >= 4 is 35.8 Å². The third-order valence-electron chi connectivity index (χ3n) is 2.84. The molecule has 2 rings (SSSR count). The van der Waals surface area contributed by atoms with Gasteiger partial charge in [0.15, 0.2) is 11.5 Å². The Morgan fingerprint density at radius 3 is 2.48 bits per heavy atom. The van der Waals surface area contributed by atoms with Crippen molar-refractivity contribution in [3.05, 3.63) is 47.0 Å². The highest BCUT2D eigenvalue weighted by Gasteiger charge is 2.12. The molecule has 4 nitrogen and oxygen atoms in total. The van der Waals surface area contributed by atoms with Gasteiger partial charge in [0.25, 0.3) is 5.91 Å². The number of ether oxygens (including phenoxy) is 2. The number of amides is 1. The van der Waals surface area contributed by atoms with Crippen LogP contribution in [0.15, 0.2) is 41.3 Å². The molecule has 0 aliphatic heterocycles. The summed E-state index contributed by atoms with van der Waals surface area (Å²) in [4.78, 5) is 12.9. The zero-order valence-corrected chi connectivity index (χ0v) is 13.2. The van der Waals surface area contributed by atoms with E-state index in [1.165, 1.54) is 7.11 Å². The molecular formula is C15H14ClNO3S. The summed E-state index contributed by atoms with van der Waals surface area (Å²) < 4.78 is 10.3. The van der Waals surface area contributed by atoms with Crippen molar-refractivity contribution in [3.63, 3.8) is 0 Å². The Hall–Kier alpha value is -1.85. The Kier molecular flexibility index (Phi) is 4.98. The van der Waals surface area contributed by atoms with E-state index in [0.29, 0.717) is 32.7 Å². The second-order valence-corrected chi connectivity index (χ2v) is 5.11. The maximum Gasteiger partial charge on any atom is 0.257 e. The molecule has 0 saturated carbocycles. The first-order valence-corrected chi connectivity index (χ1v) is 6.89. The van der Waals surface area contributed by atoms with Gasteiger partial charge < -0.3 is 14.8 Å². The molecule has 0 spiro atoms. The number of methoxy groups -OCH3 is 2. The molecule has 0 aromatic heterocycles. The Labute approximate surface area is 133 Å². The molecule has 1 amide bonds. The van der Waals surface area contributed by atoms with Crippen LogP contribution in [-0.4, -0.2) is 20.1 Å². The molecule has 0 atom stereocenters. The van der Waals surface area contributed by atoms with Gasteiger partial charge in [0.1, 0.15) is 0 Å². The number of carbonyl (C=O) groups is 1. The lowest BCUT2D eigenvalue weighted by molar-refractivity contribution is 0.102. The maximum absolute atomic E-state index is 12.2. The molecule has 6 heteroatoms. The molecule has 0 bridgehead atoms. The largest absolute Gasteiger partial charge is 0.493 e. The van der Waals surface area contributed by atoms with Gasteiger partial charge >= 0.3 is 0 Å². The van der Waals surface area contributed by atoms with Gasteiger partial charge in [0, 0.05) is 16.6 Å². The third kappa shape index (κ3) is 3.62. The summed E-state index contributed by atoms with van der Waals surface area (Å²) in [6.45, 7) is 0. The minimum absolute atomic E-state index is 0.317. The van der Waals surface area contributed by atoms with Crippen LogP contribution in [0.2, 0.25) is 5.02 Å². The molecule has 0 unspecified atom stereocenters.